The average Bonchev–Trinajstić information content (AvgIpc) is 2.88. The first kappa shape index (κ1) is 15.5. The molecule has 0 saturated heterocycles. The van der Waals surface area contributed by atoms with Crippen LogP contribution in [0.15, 0.2) is 30.7 Å². The van der Waals surface area contributed by atoms with Crippen molar-refractivity contribution in [1.82, 2.24) is 20.2 Å². The Balaban J connectivity index is 2.24. The van der Waals surface area contributed by atoms with Crippen LogP contribution in [0.4, 0.5) is 13.2 Å². The molecule has 8 heteroatoms. The second-order valence-corrected chi connectivity index (χ2v) is 4.61. The Morgan fingerprint density at radius 1 is 1.33 bits per heavy atom. The van der Waals surface area contributed by atoms with E-state index in [1.807, 2.05) is 6.92 Å². The highest BCUT2D eigenvalue weighted by molar-refractivity contribution is 5.26. The van der Waals surface area contributed by atoms with Crippen molar-refractivity contribution in [2.45, 2.75) is 32.1 Å². The third-order valence-electron chi connectivity index (χ3n) is 3.02. The summed E-state index contributed by atoms with van der Waals surface area (Å²) in [5, 5.41) is 4.17. The zero-order valence-electron chi connectivity index (χ0n) is 11.4. The molecule has 0 fully saturated rings. The number of pyridine rings is 1. The van der Waals surface area contributed by atoms with Gasteiger partial charge in [0.1, 0.15) is 0 Å². The highest BCUT2D eigenvalue weighted by Crippen LogP contribution is 2.29. The number of hydrazine groups is 1. The van der Waals surface area contributed by atoms with Gasteiger partial charge in [-0.05, 0) is 18.6 Å². The fourth-order valence-electron chi connectivity index (χ4n) is 1.98. The first-order valence-corrected chi connectivity index (χ1v) is 6.47. The summed E-state index contributed by atoms with van der Waals surface area (Å²) in [6, 6.07) is 1.80. The summed E-state index contributed by atoms with van der Waals surface area (Å²) in [7, 11) is 0. The van der Waals surface area contributed by atoms with Crippen LogP contribution >= 0.6 is 0 Å². The van der Waals surface area contributed by atoms with Crippen LogP contribution < -0.4 is 11.3 Å². The number of nitrogens with two attached hydrogens (primary N) is 1. The van der Waals surface area contributed by atoms with Gasteiger partial charge in [0.05, 0.1) is 23.5 Å². The maximum absolute atomic E-state index is 12.5. The summed E-state index contributed by atoms with van der Waals surface area (Å²) < 4.78 is 39.3. The van der Waals surface area contributed by atoms with Crippen LogP contribution in [-0.2, 0) is 12.7 Å². The Kier molecular flexibility index (Phi) is 4.59. The van der Waals surface area contributed by atoms with Crippen LogP contribution in [0.5, 0.6) is 0 Å². The molecular formula is C13H16F3N5. The van der Waals surface area contributed by atoms with Crippen LogP contribution in [0.1, 0.15) is 36.2 Å². The number of nitrogens with one attached hydrogen (secondary N) is 1. The van der Waals surface area contributed by atoms with E-state index in [2.05, 4.69) is 15.5 Å². The number of aryl methyl sites for hydroxylation is 1. The van der Waals surface area contributed by atoms with Gasteiger partial charge >= 0.3 is 6.18 Å². The minimum absolute atomic E-state index is 0.404. The van der Waals surface area contributed by atoms with E-state index < -0.39 is 17.8 Å². The molecule has 2 aromatic rings. The number of hydrogen-bond acceptors (Lipinski definition) is 4. The quantitative estimate of drug-likeness (QED) is 0.656. The standard InChI is InChI=1S/C13H16F3N5/c1-2-5-21-8-9(6-19-21)12(20-17)11-4-3-10(7-18-11)13(14,15)16/h3-4,6-8,12,20H,2,5,17H2,1H3. The number of halogens is 3. The minimum atomic E-state index is -4.40. The molecule has 114 valence electrons. The van der Waals surface area contributed by atoms with Crippen molar-refractivity contribution in [3.8, 4) is 0 Å². The third-order valence-corrected chi connectivity index (χ3v) is 3.02. The molecule has 2 rings (SSSR count). The molecule has 0 aliphatic rings. The Morgan fingerprint density at radius 3 is 2.62 bits per heavy atom. The molecule has 3 N–H and O–H groups in total. The minimum Gasteiger partial charge on any atom is -0.272 e. The second-order valence-electron chi connectivity index (χ2n) is 4.61. The van der Waals surface area contributed by atoms with Gasteiger partial charge in [-0.3, -0.25) is 15.5 Å². The van der Waals surface area contributed by atoms with Gasteiger partial charge in [0.15, 0.2) is 0 Å². The lowest BCUT2D eigenvalue weighted by atomic mass is 10.1. The molecule has 0 saturated carbocycles. The van der Waals surface area contributed by atoms with Crippen LogP contribution in [0.25, 0.3) is 0 Å². The molecule has 5 nitrogen and oxygen atoms in total. The van der Waals surface area contributed by atoms with Crippen molar-refractivity contribution >= 4 is 0 Å². The average molecular weight is 299 g/mol. The van der Waals surface area contributed by atoms with Gasteiger partial charge in [0.25, 0.3) is 0 Å². The first-order chi connectivity index (χ1) is 9.95. The van der Waals surface area contributed by atoms with Gasteiger partial charge < -0.3 is 0 Å². The molecule has 0 aromatic carbocycles. The Labute approximate surface area is 119 Å². The van der Waals surface area contributed by atoms with Crippen molar-refractivity contribution in [1.29, 1.82) is 0 Å². The highest BCUT2D eigenvalue weighted by atomic mass is 19.4. The van der Waals surface area contributed by atoms with Crippen molar-refractivity contribution < 1.29 is 13.2 Å². The predicted molar refractivity (Wildman–Crippen MR) is 70.9 cm³/mol. The molecule has 1 unspecified atom stereocenters. The molecule has 0 spiro atoms. The summed E-state index contributed by atoms with van der Waals surface area (Å²) in [5.74, 6) is 5.49. The van der Waals surface area contributed by atoms with Crippen molar-refractivity contribution in [2.75, 3.05) is 0 Å². The van der Waals surface area contributed by atoms with E-state index in [1.54, 1.807) is 17.1 Å². The van der Waals surface area contributed by atoms with Crippen LogP contribution in [0, 0.1) is 0 Å². The number of hydrogen-bond donors (Lipinski definition) is 2. The van der Waals surface area contributed by atoms with Gasteiger partial charge in [-0.2, -0.15) is 18.3 Å². The van der Waals surface area contributed by atoms with Gasteiger partial charge in [-0.25, -0.2) is 5.43 Å². The molecule has 21 heavy (non-hydrogen) atoms. The first-order valence-electron chi connectivity index (χ1n) is 6.47. The fourth-order valence-corrected chi connectivity index (χ4v) is 1.98. The third kappa shape index (κ3) is 3.59. The van der Waals surface area contributed by atoms with Gasteiger partial charge in [0.2, 0.25) is 0 Å². The topological polar surface area (TPSA) is 68.8 Å². The summed E-state index contributed by atoms with van der Waals surface area (Å²) in [6.45, 7) is 2.79. The molecule has 0 aliphatic heterocycles. The van der Waals surface area contributed by atoms with Crippen molar-refractivity contribution in [2.24, 2.45) is 5.84 Å². The van der Waals surface area contributed by atoms with E-state index in [1.165, 1.54) is 6.07 Å². The fraction of sp³-hybridized carbons (Fsp3) is 0.385. The maximum Gasteiger partial charge on any atom is 0.417 e. The summed E-state index contributed by atoms with van der Waals surface area (Å²) in [5.41, 5.74) is 2.92. The summed E-state index contributed by atoms with van der Waals surface area (Å²) in [4.78, 5) is 3.85. The number of aromatic nitrogens is 3. The van der Waals surface area contributed by atoms with Gasteiger partial charge in [0, 0.05) is 24.5 Å². The van der Waals surface area contributed by atoms with Crippen LogP contribution in [0.2, 0.25) is 0 Å². The monoisotopic (exact) mass is 299 g/mol. The van der Waals surface area contributed by atoms with Crippen LogP contribution in [0.3, 0.4) is 0 Å². The smallest absolute Gasteiger partial charge is 0.272 e. The predicted octanol–water partition coefficient (Wildman–Crippen LogP) is 2.26. The molecule has 0 radical (unpaired) electrons. The molecular weight excluding hydrogens is 283 g/mol. The lowest BCUT2D eigenvalue weighted by Gasteiger charge is -2.14. The summed E-state index contributed by atoms with van der Waals surface area (Å²) >= 11 is 0. The van der Waals surface area contributed by atoms with E-state index >= 15 is 0 Å². The molecule has 2 heterocycles. The molecule has 0 bridgehead atoms. The van der Waals surface area contributed by atoms with Crippen molar-refractivity contribution in [3.63, 3.8) is 0 Å². The van der Waals surface area contributed by atoms with Crippen LogP contribution in [-0.4, -0.2) is 14.8 Å². The van der Waals surface area contributed by atoms with E-state index in [4.69, 9.17) is 5.84 Å². The largest absolute Gasteiger partial charge is 0.417 e. The van der Waals surface area contributed by atoms with E-state index in [0.29, 0.717) is 5.69 Å². The summed E-state index contributed by atoms with van der Waals surface area (Å²) in [6.07, 6.45) is 0.757. The normalized spacial score (nSPS) is 13.4. The molecule has 0 aliphatic carbocycles. The Hall–Kier alpha value is -1.93. The zero-order chi connectivity index (χ0) is 15.5. The Bertz CT molecular complexity index is 576. The number of alkyl halides is 3. The second kappa shape index (κ2) is 6.23. The van der Waals surface area contributed by atoms with Gasteiger partial charge in [-0.1, -0.05) is 6.92 Å². The lowest BCUT2D eigenvalue weighted by Crippen LogP contribution is -2.29. The molecule has 1 atom stereocenters. The highest BCUT2D eigenvalue weighted by Gasteiger charge is 2.31. The maximum atomic E-state index is 12.5. The van der Waals surface area contributed by atoms with E-state index in [9.17, 15) is 13.2 Å². The number of rotatable bonds is 5. The SMILES string of the molecule is CCCn1cc(C(NN)c2ccc(C(F)(F)F)cn2)cn1. The van der Waals surface area contributed by atoms with E-state index in [0.717, 1.165) is 30.8 Å². The lowest BCUT2D eigenvalue weighted by molar-refractivity contribution is -0.137. The zero-order valence-corrected chi connectivity index (χ0v) is 11.4. The van der Waals surface area contributed by atoms with Gasteiger partial charge in [-0.15, -0.1) is 0 Å². The van der Waals surface area contributed by atoms with Crippen molar-refractivity contribution in [3.05, 3.63) is 47.5 Å². The molecule has 2 aromatic heterocycles. The van der Waals surface area contributed by atoms with E-state index in [-0.39, 0.29) is 0 Å². The number of nitrogens with zero attached hydrogens (tertiary/aromatic N) is 3. The Morgan fingerprint density at radius 2 is 2.10 bits per heavy atom. The molecule has 0 amide bonds.